The molecule has 2 aromatic rings. The van der Waals surface area contributed by atoms with Gasteiger partial charge in [-0.25, -0.2) is 0 Å². The number of rotatable bonds is 5. The number of carbonyl (C=O) groups excluding carboxylic acids is 1. The summed E-state index contributed by atoms with van der Waals surface area (Å²) in [5.74, 6) is 0.321. The molecule has 1 aromatic heterocycles. The molecule has 4 rings (SSSR count). The molecule has 6 nitrogen and oxygen atoms in total. The molecule has 2 aliphatic rings. The average molecular weight is 426 g/mol. The minimum atomic E-state index is -0.00135. The number of hydrogen-bond acceptors (Lipinski definition) is 5. The van der Waals surface area contributed by atoms with Gasteiger partial charge in [-0.3, -0.25) is 4.79 Å². The first-order valence-electron chi connectivity index (χ1n) is 10.9. The van der Waals surface area contributed by atoms with Gasteiger partial charge in [-0.15, -0.1) is 11.3 Å². The molecule has 0 saturated carbocycles. The quantitative estimate of drug-likeness (QED) is 0.643. The maximum absolute atomic E-state index is 12.6. The van der Waals surface area contributed by atoms with Crippen LogP contribution in [0, 0.1) is 11.3 Å². The van der Waals surface area contributed by atoms with E-state index in [1.54, 1.807) is 17.4 Å². The van der Waals surface area contributed by atoms with E-state index < -0.39 is 0 Å². The van der Waals surface area contributed by atoms with Gasteiger partial charge in [0.05, 0.1) is 50.4 Å². The predicted octanol–water partition coefficient (Wildman–Crippen LogP) is 2.33. The van der Waals surface area contributed by atoms with Gasteiger partial charge >= 0.3 is 0 Å². The van der Waals surface area contributed by atoms with Crippen molar-refractivity contribution in [2.24, 2.45) is 0 Å². The number of quaternary nitrogens is 1. The minimum absolute atomic E-state index is 0.00135. The first-order chi connectivity index (χ1) is 14.7. The first kappa shape index (κ1) is 20.7. The predicted molar refractivity (Wildman–Crippen MR) is 119 cm³/mol. The van der Waals surface area contributed by atoms with E-state index in [1.165, 1.54) is 28.2 Å². The van der Waals surface area contributed by atoms with E-state index >= 15 is 0 Å². The third kappa shape index (κ3) is 4.61. The largest absolute Gasteiger partial charge is 0.506 e. The number of nitrogens with one attached hydrogen (secondary N) is 2. The topological polar surface area (TPSA) is 80.8 Å². The van der Waals surface area contributed by atoms with Gasteiger partial charge in [-0.1, -0.05) is 18.6 Å². The number of nitriles is 1. The second kappa shape index (κ2) is 9.50. The number of anilines is 2. The molecule has 158 valence electrons. The van der Waals surface area contributed by atoms with Gasteiger partial charge < -0.3 is 20.2 Å². The van der Waals surface area contributed by atoms with Gasteiger partial charge in [0.2, 0.25) is 5.91 Å². The van der Waals surface area contributed by atoms with Crippen molar-refractivity contribution in [3.8, 4) is 11.8 Å². The number of phenols is 1. The summed E-state index contributed by atoms with van der Waals surface area (Å²) in [5.41, 5.74) is 2.74. The molecular weight excluding hydrogens is 396 g/mol. The summed E-state index contributed by atoms with van der Waals surface area (Å²) in [6.07, 6.45) is 5.95. The lowest BCUT2D eigenvalue weighted by atomic mass is 10.1. The number of carbonyl (C=O) groups is 1. The maximum atomic E-state index is 12.6. The van der Waals surface area contributed by atoms with Gasteiger partial charge in [0.15, 0.2) is 0 Å². The molecule has 3 N–H and O–H groups in total. The first-order valence-corrected chi connectivity index (χ1v) is 11.7. The molecule has 0 bridgehead atoms. The summed E-state index contributed by atoms with van der Waals surface area (Å²) in [5, 5.41) is 23.4. The van der Waals surface area contributed by atoms with Gasteiger partial charge in [-0.05, 0) is 43.4 Å². The lowest BCUT2D eigenvalue weighted by molar-refractivity contribution is -0.900. The fourth-order valence-electron chi connectivity index (χ4n) is 4.47. The Balaban J connectivity index is 1.28. The van der Waals surface area contributed by atoms with E-state index in [0.29, 0.717) is 17.7 Å². The third-order valence-electron chi connectivity index (χ3n) is 6.18. The molecule has 0 radical (unpaired) electrons. The number of piperazine rings is 1. The van der Waals surface area contributed by atoms with Crippen LogP contribution in [0.15, 0.2) is 24.3 Å². The zero-order valence-electron chi connectivity index (χ0n) is 17.2. The van der Waals surface area contributed by atoms with Crippen LogP contribution < -0.4 is 15.1 Å². The smallest absolute Gasteiger partial charge is 0.230 e. The molecule has 1 aliphatic carbocycles. The summed E-state index contributed by atoms with van der Waals surface area (Å²) in [7, 11) is 0. The number of amides is 1. The Labute approximate surface area is 181 Å². The third-order valence-corrected chi connectivity index (χ3v) is 7.39. The van der Waals surface area contributed by atoms with Crippen molar-refractivity contribution in [2.45, 2.75) is 38.5 Å². The van der Waals surface area contributed by atoms with Gasteiger partial charge in [0.1, 0.15) is 16.8 Å². The van der Waals surface area contributed by atoms with Gasteiger partial charge in [0, 0.05) is 4.88 Å². The van der Waals surface area contributed by atoms with E-state index in [2.05, 4.69) is 16.3 Å². The SMILES string of the molecule is N#Cc1c(NC(=O)CC[NH+]2CCN(c3ccccc3O)CC2)sc2c1CCCCC2. The highest BCUT2D eigenvalue weighted by Crippen LogP contribution is 2.37. The molecule has 1 aromatic carbocycles. The fourth-order valence-corrected chi connectivity index (χ4v) is 5.73. The lowest BCUT2D eigenvalue weighted by Gasteiger charge is -2.33. The molecule has 1 amide bonds. The molecule has 1 fully saturated rings. The van der Waals surface area contributed by atoms with Crippen LogP contribution in [-0.4, -0.2) is 43.7 Å². The van der Waals surface area contributed by atoms with Crippen molar-refractivity contribution >= 4 is 27.9 Å². The standard InChI is InChI=1S/C23H28N4O2S/c24-16-18-17-6-2-1-3-9-21(17)30-23(18)25-22(29)10-11-26-12-14-27(15-13-26)19-7-4-5-8-20(19)28/h4-5,7-8,28H,1-3,6,9-15H2,(H,25,29)/p+1. The number of para-hydroxylation sites is 2. The average Bonchev–Trinajstić information content (AvgIpc) is 2.92. The van der Waals surface area contributed by atoms with Gasteiger partial charge in [0.25, 0.3) is 0 Å². The number of benzene rings is 1. The van der Waals surface area contributed by atoms with Crippen molar-refractivity contribution < 1.29 is 14.8 Å². The van der Waals surface area contributed by atoms with Crippen LogP contribution in [0.3, 0.4) is 0 Å². The summed E-state index contributed by atoms with van der Waals surface area (Å²) >= 11 is 1.60. The van der Waals surface area contributed by atoms with E-state index in [0.717, 1.165) is 62.7 Å². The molecule has 0 unspecified atom stereocenters. The molecule has 1 saturated heterocycles. The zero-order valence-corrected chi connectivity index (χ0v) is 18.1. The van der Waals surface area contributed by atoms with Crippen molar-refractivity contribution in [1.29, 1.82) is 5.26 Å². The second-order valence-electron chi connectivity index (χ2n) is 8.15. The van der Waals surface area contributed by atoms with Crippen molar-refractivity contribution in [2.75, 3.05) is 42.9 Å². The number of phenolic OH excluding ortho intramolecular Hbond substituents is 1. The van der Waals surface area contributed by atoms with Crippen LogP contribution in [0.5, 0.6) is 5.75 Å². The molecule has 7 heteroatoms. The highest BCUT2D eigenvalue weighted by Gasteiger charge is 2.24. The Bertz CT molecular complexity index is 941. The highest BCUT2D eigenvalue weighted by molar-refractivity contribution is 7.16. The lowest BCUT2D eigenvalue weighted by Crippen LogP contribution is -3.15. The Hall–Kier alpha value is -2.56. The highest BCUT2D eigenvalue weighted by atomic mass is 32.1. The summed E-state index contributed by atoms with van der Waals surface area (Å²) in [6, 6.07) is 9.78. The Morgan fingerprint density at radius 3 is 2.73 bits per heavy atom. The van der Waals surface area contributed by atoms with E-state index in [9.17, 15) is 15.2 Å². The van der Waals surface area contributed by atoms with E-state index in [1.807, 2.05) is 18.2 Å². The maximum Gasteiger partial charge on any atom is 0.230 e. The zero-order chi connectivity index (χ0) is 20.9. The number of aromatic hydroxyl groups is 1. The molecular formula is C23H29N4O2S+. The molecule has 30 heavy (non-hydrogen) atoms. The molecule has 0 atom stereocenters. The van der Waals surface area contributed by atoms with Gasteiger partial charge in [-0.2, -0.15) is 5.26 Å². The summed E-state index contributed by atoms with van der Waals surface area (Å²) in [4.78, 5) is 17.5. The van der Waals surface area contributed by atoms with Crippen molar-refractivity contribution in [1.82, 2.24) is 0 Å². The number of fused-ring (bicyclic) bond motifs is 1. The Morgan fingerprint density at radius 2 is 1.97 bits per heavy atom. The summed E-state index contributed by atoms with van der Waals surface area (Å²) in [6.45, 7) is 4.40. The Kier molecular flexibility index (Phi) is 6.56. The normalized spacial score (nSPS) is 17.1. The van der Waals surface area contributed by atoms with Crippen molar-refractivity contribution in [3.05, 3.63) is 40.3 Å². The van der Waals surface area contributed by atoms with Crippen LogP contribution in [0.1, 0.15) is 41.7 Å². The van der Waals surface area contributed by atoms with Crippen LogP contribution >= 0.6 is 11.3 Å². The fraction of sp³-hybridized carbons (Fsp3) is 0.478. The summed E-state index contributed by atoms with van der Waals surface area (Å²) < 4.78 is 0. The van der Waals surface area contributed by atoms with Crippen LogP contribution in [0.4, 0.5) is 10.7 Å². The number of nitrogens with zero attached hydrogens (tertiary/aromatic N) is 2. The molecule has 0 spiro atoms. The second-order valence-corrected chi connectivity index (χ2v) is 9.26. The van der Waals surface area contributed by atoms with E-state index in [4.69, 9.17) is 0 Å². The van der Waals surface area contributed by atoms with Crippen LogP contribution in [-0.2, 0) is 17.6 Å². The van der Waals surface area contributed by atoms with Crippen molar-refractivity contribution in [3.63, 3.8) is 0 Å². The molecule has 1 aliphatic heterocycles. The number of thiophene rings is 1. The molecule has 2 heterocycles. The Morgan fingerprint density at radius 1 is 1.20 bits per heavy atom. The number of hydrogen-bond donors (Lipinski definition) is 3. The minimum Gasteiger partial charge on any atom is -0.506 e. The van der Waals surface area contributed by atoms with E-state index in [-0.39, 0.29) is 5.91 Å². The van der Waals surface area contributed by atoms with Crippen LogP contribution in [0.25, 0.3) is 0 Å². The van der Waals surface area contributed by atoms with Crippen LogP contribution in [0.2, 0.25) is 0 Å². The monoisotopic (exact) mass is 425 g/mol. The number of aryl methyl sites for hydroxylation is 1.